The number of hydrogen-bond acceptors (Lipinski definition) is 6. The van der Waals surface area contributed by atoms with Crippen molar-refractivity contribution in [2.75, 3.05) is 13.7 Å². The van der Waals surface area contributed by atoms with Crippen molar-refractivity contribution in [2.24, 2.45) is 4.99 Å². The van der Waals surface area contributed by atoms with Crippen LogP contribution in [0.4, 0.5) is 0 Å². The number of ether oxygens (including phenoxy) is 1. The number of unbranched alkanes of at least 4 members (excludes halogenated alkanes) is 2. The number of aliphatic imine (C=N–C) groups is 1. The first-order valence-electron chi connectivity index (χ1n) is 6.69. The summed E-state index contributed by atoms with van der Waals surface area (Å²) in [5, 5.41) is 32.8. The molecule has 0 aliphatic carbocycles. The second kappa shape index (κ2) is 6.90. The quantitative estimate of drug-likeness (QED) is 0.518. The molecular formula is C12H22N2O4S. The van der Waals surface area contributed by atoms with Crippen LogP contribution in [0.25, 0.3) is 0 Å². The summed E-state index contributed by atoms with van der Waals surface area (Å²) < 4.78 is 5.85. The maximum absolute atomic E-state index is 10.1. The lowest BCUT2D eigenvalue weighted by molar-refractivity contribution is -0.158. The van der Waals surface area contributed by atoms with E-state index in [2.05, 4.69) is 10.3 Å². The Morgan fingerprint density at radius 1 is 1.26 bits per heavy atom. The first-order chi connectivity index (χ1) is 9.17. The number of fused-ring (bicyclic) bond motifs is 1. The Bertz CT molecular complexity index is 329. The van der Waals surface area contributed by atoms with E-state index in [1.807, 2.05) is 0 Å². The van der Waals surface area contributed by atoms with Crippen molar-refractivity contribution in [3.63, 3.8) is 0 Å². The SMILES string of the molecule is CN=C1N[C@@H]2[C@@H](O)[C@H](O)[C@@H](CCCCCO)O[C@@H]2S1. The van der Waals surface area contributed by atoms with Crippen molar-refractivity contribution < 1.29 is 20.1 Å². The van der Waals surface area contributed by atoms with E-state index < -0.39 is 12.2 Å². The largest absolute Gasteiger partial charge is 0.396 e. The molecule has 7 heteroatoms. The van der Waals surface area contributed by atoms with Crippen molar-refractivity contribution in [3.05, 3.63) is 0 Å². The molecular weight excluding hydrogens is 268 g/mol. The Labute approximate surface area is 117 Å². The van der Waals surface area contributed by atoms with E-state index in [1.54, 1.807) is 7.05 Å². The molecule has 110 valence electrons. The lowest BCUT2D eigenvalue weighted by atomic mass is 9.94. The normalized spacial score (nSPS) is 40.2. The predicted molar refractivity (Wildman–Crippen MR) is 74.1 cm³/mol. The molecule has 0 aromatic carbocycles. The van der Waals surface area contributed by atoms with Crippen LogP contribution in [0.2, 0.25) is 0 Å². The predicted octanol–water partition coefficient (Wildman–Crippen LogP) is -0.323. The van der Waals surface area contributed by atoms with Gasteiger partial charge in [-0.25, -0.2) is 0 Å². The lowest BCUT2D eigenvalue weighted by Gasteiger charge is -2.39. The van der Waals surface area contributed by atoms with Crippen LogP contribution in [-0.4, -0.2) is 63.9 Å². The third-order valence-corrected chi connectivity index (χ3v) is 4.73. The molecule has 6 nitrogen and oxygen atoms in total. The summed E-state index contributed by atoms with van der Waals surface area (Å²) in [4.78, 5) is 4.05. The molecule has 0 aromatic heterocycles. The van der Waals surface area contributed by atoms with Crippen molar-refractivity contribution in [2.45, 2.75) is 55.5 Å². The molecule has 5 atom stereocenters. The molecule has 2 aliphatic heterocycles. The van der Waals surface area contributed by atoms with Crippen molar-refractivity contribution >= 4 is 16.9 Å². The van der Waals surface area contributed by atoms with Crippen LogP contribution < -0.4 is 5.32 Å². The van der Waals surface area contributed by atoms with Crippen LogP contribution in [0.3, 0.4) is 0 Å². The Kier molecular flexibility index (Phi) is 5.47. The van der Waals surface area contributed by atoms with Crippen LogP contribution in [0.5, 0.6) is 0 Å². The van der Waals surface area contributed by atoms with Gasteiger partial charge in [0.2, 0.25) is 0 Å². The number of hydrogen-bond donors (Lipinski definition) is 4. The fraction of sp³-hybridized carbons (Fsp3) is 0.917. The minimum atomic E-state index is -0.875. The van der Waals surface area contributed by atoms with Gasteiger partial charge < -0.3 is 25.4 Å². The molecule has 2 rings (SSSR count). The average Bonchev–Trinajstić information content (AvgIpc) is 2.83. The number of nitrogens with one attached hydrogen (secondary N) is 1. The second-order valence-electron chi connectivity index (χ2n) is 4.91. The Hall–Kier alpha value is -0.340. The van der Waals surface area contributed by atoms with Gasteiger partial charge in [-0.3, -0.25) is 4.99 Å². The minimum Gasteiger partial charge on any atom is -0.396 e. The third kappa shape index (κ3) is 3.41. The van der Waals surface area contributed by atoms with Gasteiger partial charge in [0.25, 0.3) is 0 Å². The molecule has 0 bridgehead atoms. The Balaban J connectivity index is 1.89. The summed E-state index contributed by atoms with van der Waals surface area (Å²) in [7, 11) is 1.68. The summed E-state index contributed by atoms with van der Waals surface area (Å²) in [6, 6.07) is -0.299. The van der Waals surface area contributed by atoms with Gasteiger partial charge in [-0.1, -0.05) is 24.6 Å². The maximum atomic E-state index is 10.1. The summed E-state index contributed by atoms with van der Waals surface area (Å²) in [6.07, 6.45) is 1.18. The number of rotatable bonds is 5. The van der Waals surface area contributed by atoms with E-state index in [-0.39, 0.29) is 24.2 Å². The number of amidine groups is 1. The number of thioether (sulfide) groups is 1. The molecule has 2 fully saturated rings. The molecule has 2 aliphatic rings. The Morgan fingerprint density at radius 3 is 2.74 bits per heavy atom. The first-order valence-corrected chi connectivity index (χ1v) is 7.57. The number of nitrogens with zero attached hydrogens (tertiary/aromatic N) is 1. The van der Waals surface area contributed by atoms with Crippen LogP contribution in [-0.2, 0) is 4.74 Å². The van der Waals surface area contributed by atoms with Crippen LogP contribution in [0, 0.1) is 0 Å². The fourth-order valence-corrected chi connectivity index (χ4v) is 3.57. The molecule has 0 radical (unpaired) electrons. The summed E-state index contributed by atoms with van der Waals surface area (Å²) >= 11 is 1.45. The number of aliphatic hydroxyl groups excluding tert-OH is 3. The van der Waals surface area contributed by atoms with Crippen molar-refractivity contribution in [1.82, 2.24) is 5.32 Å². The van der Waals surface area contributed by atoms with Crippen LogP contribution in [0.15, 0.2) is 4.99 Å². The van der Waals surface area contributed by atoms with E-state index in [9.17, 15) is 10.2 Å². The highest BCUT2D eigenvalue weighted by molar-refractivity contribution is 8.14. The van der Waals surface area contributed by atoms with Crippen molar-refractivity contribution in [3.8, 4) is 0 Å². The van der Waals surface area contributed by atoms with E-state index in [1.165, 1.54) is 11.8 Å². The van der Waals surface area contributed by atoms with Gasteiger partial charge in [0, 0.05) is 13.7 Å². The van der Waals surface area contributed by atoms with Gasteiger partial charge >= 0.3 is 0 Å². The summed E-state index contributed by atoms with van der Waals surface area (Å²) in [6.45, 7) is 0.192. The second-order valence-corrected chi connectivity index (χ2v) is 6.00. The van der Waals surface area contributed by atoms with Gasteiger partial charge in [0.05, 0.1) is 12.1 Å². The van der Waals surface area contributed by atoms with E-state index in [4.69, 9.17) is 9.84 Å². The van der Waals surface area contributed by atoms with Gasteiger partial charge in [0.15, 0.2) is 5.17 Å². The van der Waals surface area contributed by atoms with Gasteiger partial charge in [-0.15, -0.1) is 0 Å². The summed E-state index contributed by atoms with van der Waals surface area (Å²) in [5.74, 6) is 0. The molecule has 0 unspecified atom stereocenters. The molecule has 0 amide bonds. The first kappa shape index (κ1) is 15.1. The zero-order valence-corrected chi connectivity index (χ0v) is 11.8. The molecule has 4 N–H and O–H groups in total. The molecule has 2 heterocycles. The zero-order valence-electron chi connectivity index (χ0n) is 11.0. The van der Waals surface area contributed by atoms with E-state index in [0.717, 1.165) is 24.4 Å². The van der Waals surface area contributed by atoms with Gasteiger partial charge in [-0.2, -0.15) is 0 Å². The summed E-state index contributed by atoms with van der Waals surface area (Å²) in [5.41, 5.74) is -0.194. The number of aliphatic hydroxyl groups is 3. The van der Waals surface area contributed by atoms with E-state index >= 15 is 0 Å². The van der Waals surface area contributed by atoms with Crippen LogP contribution in [0.1, 0.15) is 25.7 Å². The van der Waals surface area contributed by atoms with E-state index in [0.29, 0.717) is 6.42 Å². The standard InChI is InChI=1S/C12H22N2O4S/c1-13-12-14-8-10(17)9(16)7(18-11(8)19-12)5-3-2-4-6-15/h7-11,15-17H,2-6H2,1H3,(H,13,14)/t7-,8-,9-,10-,11-/m1/s1. The highest BCUT2D eigenvalue weighted by atomic mass is 32.2. The van der Waals surface area contributed by atoms with Crippen LogP contribution >= 0.6 is 11.8 Å². The van der Waals surface area contributed by atoms with Gasteiger partial charge in [0.1, 0.15) is 17.6 Å². The molecule has 2 saturated heterocycles. The molecule has 0 aromatic rings. The smallest absolute Gasteiger partial charge is 0.159 e. The highest BCUT2D eigenvalue weighted by Crippen LogP contribution is 2.35. The zero-order chi connectivity index (χ0) is 13.8. The Morgan fingerprint density at radius 2 is 2.05 bits per heavy atom. The average molecular weight is 290 g/mol. The highest BCUT2D eigenvalue weighted by Gasteiger charge is 2.48. The topological polar surface area (TPSA) is 94.3 Å². The molecule has 0 saturated carbocycles. The van der Waals surface area contributed by atoms with Gasteiger partial charge in [-0.05, 0) is 12.8 Å². The maximum Gasteiger partial charge on any atom is 0.159 e. The molecule has 0 spiro atoms. The lowest BCUT2D eigenvalue weighted by Crippen LogP contribution is -2.58. The third-order valence-electron chi connectivity index (χ3n) is 3.57. The van der Waals surface area contributed by atoms with Crippen molar-refractivity contribution in [1.29, 1.82) is 0 Å². The fourth-order valence-electron chi connectivity index (χ4n) is 2.46. The molecule has 19 heavy (non-hydrogen) atoms. The minimum absolute atomic E-state index is 0.192. The monoisotopic (exact) mass is 290 g/mol.